The fourth-order valence-corrected chi connectivity index (χ4v) is 3.07. The maximum absolute atomic E-state index is 6.21. The van der Waals surface area contributed by atoms with E-state index in [1.807, 2.05) is 37.3 Å². The summed E-state index contributed by atoms with van der Waals surface area (Å²) in [6, 6.07) is 9.91. The first kappa shape index (κ1) is 16.1. The van der Waals surface area contributed by atoms with Gasteiger partial charge in [-0.05, 0) is 37.3 Å². The highest BCUT2D eigenvalue weighted by Crippen LogP contribution is 2.23. The minimum absolute atomic E-state index is 0.659. The molecule has 2 aromatic rings. The Balaban J connectivity index is 1.71. The average Bonchev–Trinajstić information content (AvgIpc) is 2.54. The van der Waals surface area contributed by atoms with E-state index in [0.717, 1.165) is 47.1 Å². The second-order valence-electron chi connectivity index (χ2n) is 6.27. The van der Waals surface area contributed by atoms with Gasteiger partial charge in [0, 0.05) is 30.7 Å². The van der Waals surface area contributed by atoms with Gasteiger partial charge in [0.2, 0.25) is 0 Å². The van der Waals surface area contributed by atoms with E-state index in [-0.39, 0.29) is 0 Å². The number of piperidine rings is 1. The summed E-state index contributed by atoms with van der Waals surface area (Å²) in [6.07, 6.45) is 2.46. The fraction of sp³-hybridized carbons (Fsp3) is 0.444. The predicted molar refractivity (Wildman–Crippen MR) is 96.2 cm³/mol. The van der Waals surface area contributed by atoms with Crippen molar-refractivity contribution in [1.82, 2.24) is 9.97 Å². The summed E-state index contributed by atoms with van der Waals surface area (Å²) in [6.45, 7) is 7.06. The smallest absolute Gasteiger partial charge is 0.134 e. The zero-order chi connectivity index (χ0) is 16.2. The van der Waals surface area contributed by atoms with Gasteiger partial charge in [-0.25, -0.2) is 9.97 Å². The van der Waals surface area contributed by atoms with Gasteiger partial charge >= 0.3 is 0 Å². The Morgan fingerprint density at radius 1 is 1.22 bits per heavy atom. The number of nitrogens with one attached hydrogen (secondary N) is 1. The van der Waals surface area contributed by atoms with Crippen molar-refractivity contribution in [1.29, 1.82) is 0 Å². The molecule has 0 unspecified atom stereocenters. The third-order valence-corrected chi connectivity index (χ3v) is 4.72. The van der Waals surface area contributed by atoms with Gasteiger partial charge in [-0.3, -0.25) is 0 Å². The first-order valence-corrected chi connectivity index (χ1v) is 8.57. The lowest BCUT2D eigenvalue weighted by Crippen LogP contribution is -2.33. The highest BCUT2D eigenvalue weighted by Gasteiger charge is 2.18. The molecule has 0 amide bonds. The van der Waals surface area contributed by atoms with Crippen LogP contribution in [0.3, 0.4) is 0 Å². The molecule has 0 atom stereocenters. The van der Waals surface area contributed by atoms with Crippen LogP contribution in [0.25, 0.3) is 0 Å². The fourth-order valence-electron chi connectivity index (χ4n) is 2.87. The van der Waals surface area contributed by atoms with E-state index >= 15 is 0 Å². The monoisotopic (exact) mass is 330 g/mol. The molecule has 0 bridgehead atoms. The molecule has 1 aromatic heterocycles. The van der Waals surface area contributed by atoms with E-state index in [9.17, 15) is 0 Å². The second kappa shape index (κ2) is 7.18. The van der Waals surface area contributed by atoms with Crippen molar-refractivity contribution in [3.63, 3.8) is 0 Å². The van der Waals surface area contributed by atoms with E-state index in [1.54, 1.807) is 0 Å². The Hall–Kier alpha value is -1.81. The Labute approximate surface area is 142 Å². The molecular weight excluding hydrogens is 308 g/mol. The van der Waals surface area contributed by atoms with Gasteiger partial charge in [-0.15, -0.1) is 0 Å². The van der Waals surface area contributed by atoms with E-state index < -0.39 is 0 Å². The number of aryl methyl sites for hydroxylation is 1. The molecule has 1 fully saturated rings. The van der Waals surface area contributed by atoms with Gasteiger partial charge < -0.3 is 10.2 Å². The van der Waals surface area contributed by atoms with Gasteiger partial charge in [0.1, 0.15) is 17.5 Å². The molecule has 1 N–H and O–H groups in total. The van der Waals surface area contributed by atoms with Crippen LogP contribution < -0.4 is 10.2 Å². The molecule has 0 aliphatic carbocycles. The maximum Gasteiger partial charge on any atom is 0.134 e. The summed E-state index contributed by atoms with van der Waals surface area (Å²) in [7, 11) is 0. The van der Waals surface area contributed by atoms with Crippen LogP contribution in [0, 0.1) is 12.8 Å². The third kappa shape index (κ3) is 4.14. The second-order valence-corrected chi connectivity index (χ2v) is 6.68. The normalized spacial score (nSPS) is 15.7. The Kier molecular flexibility index (Phi) is 5.01. The quantitative estimate of drug-likeness (QED) is 0.908. The SMILES string of the molecule is Cc1nc(NCc2ccccc2Cl)cc(N2CCC(C)CC2)n1. The molecule has 0 saturated carbocycles. The number of hydrogen-bond donors (Lipinski definition) is 1. The third-order valence-electron chi connectivity index (χ3n) is 4.35. The lowest BCUT2D eigenvalue weighted by atomic mass is 9.99. The van der Waals surface area contributed by atoms with E-state index in [0.29, 0.717) is 6.54 Å². The zero-order valence-electron chi connectivity index (χ0n) is 13.7. The topological polar surface area (TPSA) is 41.1 Å². The highest BCUT2D eigenvalue weighted by molar-refractivity contribution is 6.31. The van der Waals surface area contributed by atoms with Crippen LogP contribution in [0.1, 0.15) is 31.2 Å². The molecule has 5 heteroatoms. The molecule has 1 aliphatic heterocycles. The Bertz CT molecular complexity index is 666. The number of anilines is 2. The molecule has 3 rings (SSSR count). The van der Waals surface area contributed by atoms with Crippen molar-refractivity contribution in [2.75, 3.05) is 23.3 Å². The number of benzene rings is 1. The molecule has 1 aromatic carbocycles. The minimum Gasteiger partial charge on any atom is -0.366 e. The molecule has 122 valence electrons. The van der Waals surface area contributed by atoms with Crippen LogP contribution in [0.2, 0.25) is 5.02 Å². The molecule has 0 radical (unpaired) electrons. The summed E-state index contributed by atoms with van der Waals surface area (Å²) in [4.78, 5) is 11.5. The Morgan fingerprint density at radius 3 is 2.70 bits per heavy atom. The molecule has 23 heavy (non-hydrogen) atoms. The molecule has 2 heterocycles. The predicted octanol–water partition coefficient (Wildman–Crippen LogP) is 4.29. The Morgan fingerprint density at radius 2 is 1.96 bits per heavy atom. The van der Waals surface area contributed by atoms with Crippen molar-refractivity contribution in [3.05, 3.63) is 46.7 Å². The van der Waals surface area contributed by atoms with Crippen LogP contribution >= 0.6 is 11.6 Å². The highest BCUT2D eigenvalue weighted by atomic mass is 35.5. The van der Waals surface area contributed by atoms with Crippen LogP contribution in [0.4, 0.5) is 11.6 Å². The summed E-state index contributed by atoms with van der Waals surface area (Å²) in [5.74, 6) is 3.48. The number of hydrogen-bond acceptors (Lipinski definition) is 4. The molecule has 4 nitrogen and oxygen atoms in total. The minimum atomic E-state index is 0.659. The van der Waals surface area contributed by atoms with Crippen LogP contribution in [-0.4, -0.2) is 23.1 Å². The lowest BCUT2D eigenvalue weighted by Gasteiger charge is -2.31. The van der Waals surface area contributed by atoms with E-state index in [2.05, 4.69) is 27.1 Å². The van der Waals surface area contributed by atoms with Crippen molar-refractivity contribution in [3.8, 4) is 0 Å². The van der Waals surface area contributed by atoms with E-state index in [1.165, 1.54) is 12.8 Å². The molecular formula is C18H23ClN4. The average molecular weight is 331 g/mol. The standard InChI is InChI=1S/C18H23ClN4/c1-13-7-9-23(10-8-13)18-11-17(21-14(2)22-18)20-12-15-5-3-4-6-16(15)19/h3-6,11,13H,7-10,12H2,1-2H3,(H,20,21,22). The van der Waals surface area contributed by atoms with Crippen LogP contribution in [-0.2, 0) is 6.54 Å². The molecule has 1 saturated heterocycles. The maximum atomic E-state index is 6.21. The lowest BCUT2D eigenvalue weighted by molar-refractivity contribution is 0.436. The van der Waals surface area contributed by atoms with Gasteiger partial charge in [0.15, 0.2) is 0 Å². The first-order valence-electron chi connectivity index (χ1n) is 8.20. The van der Waals surface area contributed by atoms with Crippen molar-refractivity contribution in [2.45, 2.75) is 33.2 Å². The van der Waals surface area contributed by atoms with Gasteiger partial charge in [-0.2, -0.15) is 0 Å². The molecule has 0 spiro atoms. The summed E-state index contributed by atoms with van der Waals surface area (Å²) in [5, 5.41) is 4.14. The summed E-state index contributed by atoms with van der Waals surface area (Å²) < 4.78 is 0. The van der Waals surface area contributed by atoms with Gasteiger partial charge in [-0.1, -0.05) is 36.7 Å². The van der Waals surface area contributed by atoms with Crippen molar-refractivity contribution in [2.24, 2.45) is 5.92 Å². The first-order chi connectivity index (χ1) is 11.1. The van der Waals surface area contributed by atoms with Crippen LogP contribution in [0.15, 0.2) is 30.3 Å². The largest absolute Gasteiger partial charge is 0.366 e. The van der Waals surface area contributed by atoms with Crippen molar-refractivity contribution >= 4 is 23.2 Å². The summed E-state index contributed by atoms with van der Waals surface area (Å²) in [5.41, 5.74) is 1.07. The van der Waals surface area contributed by atoms with Crippen molar-refractivity contribution < 1.29 is 0 Å². The number of aromatic nitrogens is 2. The van der Waals surface area contributed by atoms with E-state index in [4.69, 9.17) is 11.6 Å². The van der Waals surface area contributed by atoms with Crippen LogP contribution in [0.5, 0.6) is 0 Å². The number of nitrogens with zero attached hydrogens (tertiary/aromatic N) is 3. The number of rotatable bonds is 4. The summed E-state index contributed by atoms with van der Waals surface area (Å²) >= 11 is 6.21. The number of halogens is 1. The van der Waals surface area contributed by atoms with Gasteiger partial charge in [0.05, 0.1) is 0 Å². The zero-order valence-corrected chi connectivity index (χ0v) is 14.5. The van der Waals surface area contributed by atoms with Gasteiger partial charge in [0.25, 0.3) is 0 Å². The molecule has 1 aliphatic rings.